The number of carbonyl (C=O) groups is 1. The monoisotopic (exact) mass is 359 g/mol. The molecule has 2 heterocycles. The Morgan fingerprint density at radius 3 is 2.72 bits per heavy atom. The van der Waals surface area contributed by atoms with E-state index < -0.39 is 0 Å². The molecule has 0 bridgehead atoms. The Kier molecular flexibility index (Phi) is 5.43. The molecule has 0 aliphatic carbocycles. The van der Waals surface area contributed by atoms with E-state index in [0.717, 1.165) is 24.7 Å². The number of hydrogen-bond donors (Lipinski definition) is 1. The summed E-state index contributed by atoms with van der Waals surface area (Å²) < 4.78 is 5.12. The summed E-state index contributed by atoms with van der Waals surface area (Å²) in [4.78, 5) is 19.0. The number of halogens is 1. The fourth-order valence-corrected chi connectivity index (χ4v) is 3.20. The van der Waals surface area contributed by atoms with Crippen LogP contribution in [-0.2, 0) is 0 Å². The Morgan fingerprint density at radius 2 is 2.04 bits per heavy atom. The molecule has 25 heavy (non-hydrogen) atoms. The summed E-state index contributed by atoms with van der Waals surface area (Å²) in [5.41, 5.74) is 2.14. The Bertz CT molecular complexity index is 758. The first kappa shape index (κ1) is 17.5. The van der Waals surface area contributed by atoms with Crippen LogP contribution in [0.15, 0.2) is 36.7 Å². The molecule has 0 unspecified atom stereocenters. The number of rotatable bonds is 4. The summed E-state index contributed by atoms with van der Waals surface area (Å²) in [5, 5.41) is 3.30. The fraction of sp³-hybridized carbons (Fsp3) is 0.368. The molecule has 0 saturated carbocycles. The van der Waals surface area contributed by atoms with Crippen molar-refractivity contribution in [1.29, 1.82) is 0 Å². The molecule has 132 valence electrons. The van der Waals surface area contributed by atoms with Gasteiger partial charge in [-0.25, -0.2) is 0 Å². The summed E-state index contributed by atoms with van der Waals surface area (Å²) >= 11 is 6.10. The zero-order chi connectivity index (χ0) is 17.8. The van der Waals surface area contributed by atoms with E-state index in [9.17, 15) is 4.79 Å². The molecular formula is C19H22ClN3O2. The van der Waals surface area contributed by atoms with E-state index >= 15 is 0 Å². The van der Waals surface area contributed by atoms with Crippen LogP contribution in [0.1, 0.15) is 30.1 Å². The number of benzene rings is 1. The number of piperidine rings is 1. The number of carbonyl (C=O) groups excluding carboxylic acids is 1. The van der Waals surface area contributed by atoms with E-state index in [4.69, 9.17) is 16.3 Å². The highest BCUT2D eigenvalue weighted by Gasteiger charge is 2.17. The SMILES string of the molecule is COc1ccc(NC(=O)c2cncc(N3CCC(C)CC3)c2)cc1Cl. The quantitative estimate of drug-likeness (QED) is 0.887. The number of methoxy groups -OCH3 is 1. The molecule has 3 rings (SSSR count). The molecule has 6 heteroatoms. The number of nitrogens with one attached hydrogen (secondary N) is 1. The molecule has 0 radical (unpaired) electrons. The molecule has 1 amide bonds. The van der Waals surface area contributed by atoms with Crippen LogP contribution >= 0.6 is 11.6 Å². The standard InChI is InChI=1S/C19H22ClN3O2/c1-13-5-7-23(8-6-13)16-9-14(11-21-12-16)19(24)22-15-3-4-18(25-2)17(20)10-15/h3-4,9-13H,5-8H2,1-2H3,(H,22,24). The molecule has 0 spiro atoms. The predicted molar refractivity (Wildman–Crippen MR) is 101 cm³/mol. The van der Waals surface area contributed by atoms with Crippen molar-refractivity contribution < 1.29 is 9.53 Å². The van der Waals surface area contributed by atoms with Crippen molar-refractivity contribution in [2.75, 3.05) is 30.4 Å². The largest absolute Gasteiger partial charge is 0.495 e. The molecule has 1 aromatic heterocycles. The molecule has 2 aromatic rings. The number of pyridine rings is 1. The Hall–Kier alpha value is -2.27. The topological polar surface area (TPSA) is 54.5 Å². The predicted octanol–water partition coefficient (Wildman–Crippen LogP) is 4.23. The third-order valence-electron chi connectivity index (χ3n) is 4.54. The Morgan fingerprint density at radius 1 is 1.28 bits per heavy atom. The minimum Gasteiger partial charge on any atom is -0.495 e. The highest BCUT2D eigenvalue weighted by atomic mass is 35.5. The average molecular weight is 360 g/mol. The highest BCUT2D eigenvalue weighted by Crippen LogP contribution is 2.28. The molecule has 0 atom stereocenters. The lowest BCUT2D eigenvalue weighted by molar-refractivity contribution is 0.102. The number of hydrogen-bond acceptors (Lipinski definition) is 4. The van der Waals surface area contributed by atoms with Gasteiger partial charge >= 0.3 is 0 Å². The van der Waals surface area contributed by atoms with E-state index in [-0.39, 0.29) is 5.91 Å². The third-order valence-corrected chi connectivity index (χ3v) is 4.84. The van der Waals surface area contributed by atoms with Crippen molar-refractivity contribution >= 4 is 28.9 Å². The average Bonchev–Trinajstić information content (AvgIpc) is 2.62. The van der Waals surface area contributed by atoms with Crippen molar-refractivity contribution in [3.8, 4) is 5.75 Å². The van der Waals surface area contributed by atoms with Gasteiger partial charge in [0.1, 0.15) is 5.75 Å². The van der Waals surface area contributed by atoms with Crippen LogP contribution in [0, 0.1) is 5.92 Å². The normalized spacial score (nSPS) is 15.1. The lowest BCUT2D eigenvalue weighted by Gasteiger charge is -2.32. The smallest absolute Gasteiger partial charge is 0.257 e. The van der Waals surface area contributed by atoms with E-state index in [1.807, 2.05) is 12.3 Å². The summed E-state index contributed by atoms with van der Waals surface area (Å²) in [6.45, 7) is 4.28. The van der Waals surface area contributed by atoms with E-state index in [2.05, 4.69) is 22.1 Å². The minimum atomic E-state index is -0.207. The zero-order valence-corrected chi connectivity index (χ0v) is 15.2. The molecule has 1 saturated heterocycles. The van der Waals surface area contributed by atoms with Gasteiger partial charge in [-0.3, -0.25) is 9.78 Å². The van der Waals surface area contributed by atoms with Gasteiger partial charge in [-0.2, -0.15) is 0 Å². The number of anilines is 2. The minimum absolute atomic E-state index is 0.207. The van der Waals surface area contributed by atoms with Gasteiger partial charge in [0.15, 0.2) is 0 Å². The van der Waals surface area contributed by atoms with Crippen LogP contribution in [0.25, 0.3) is 0 Å². The maximum Gasteiger partial charge on any atom is 0.257 e. The second-order valence-corrected chi connectivity index (χ2v) is 6.81. The van der Waals surface area contributed by atoms with Crippen molar-refractivity contribution in [2.45, 2.75) is 19.8 Å². The van der Waals surface area contributed by atoms with Crippen LogP contribution in [0.3, 0.4) is 0 Å². The maximum absolute atomic E-state index is 12.5. The Labute approximate surface area is 153 Å². The first-order valence-electron chi connectivity index (χ1n) is 8.41. The number of ether oxygens (including phenoxy) is 1. The number of amides is 1. The summed E-state index contributed by atoms with van der Waals surface area (Å²) in [6.07, 6.45) is 5.73. The fourth-order valence-electron chi connectivity index (χ4n) is 2.94. The third kappa shape index (κ3) is 4.23. The highest BCUT2D eigenvalue weighted by molar-refractivity contribution is 6.32. The van der Waals surface area contributed by atoms with Gasteiger partial charge in [0, 0.05) is 25.0 Å². The van der Waals surface area contributed by atoms with Gasteiger partial charge in [-0.15, -0.1) is 0 Å². The summed E-state index contributed by atoms with van der Waals surface area (Å²) in [6, 6.07) is 7.04. The van der Waals surface area contributed by atoms with Gasteiger partial charge in [0.25, 0.3) is 5.91 Å². The van der Waals surface area contributed by atoms with E-state index in [1.165, 1.54) is 12.8 Å². The zero-order valence-electron chi connectivity index (χ0n) is 14.5. The van der Waals surface area contributed by atoms with E-state index in [1.54, 1.807) is 31.5 Å². The number of aromatic nitrogens is 1. The molecule has 5 nitrogen and oxygen atoms in total. The van der Waals surface area contributed by atoms with Gasteiger partial charge in [0.05, 0.1) is 29.6 Å². The van der Waals surface area contributed by atoms with Gasteiger partial charge in [-0.1, -0.05) is 18.5 Å². The first-order valence-corrected chi connectivity index (χ1v) is 8.79. The second kappa shape index (κ2) is 7.74. The van der Waals surface area contributed by atoms with Crippen LogP contribution < -0.4 is 15.0 Å². The van der Waals surface area contributed by atoms with Crippen LogP contribution in [-0.4, -0.2) is 31.1 Å². The molecular weight excluding hydrogens is 338 g/mol. The van der Waals surface area contributed by atoms with Crippen molar-refractivity contribution in [3.63, 3.8) is 0 Å². The van der Waals surface area contributed by atoms with Crippen LogP contribution in [0.4, 0.5) is 11.4 Å². The Balaban J connectivity index is 1.72. The van der Waals surface area contributed by atoms with Crippen LogP contribution in [0.2, 0.25) is 5.02 Å². The number of nitrogens with zero attached hydrogens (tertiary/aromatic N) is 2. The maximum atomic E-state index is 12.5. The van der Waals surface area contributed by atoms with Crippen molar-refractivity contribution in [2.24, 2.45) is 5.92 Å². The first-order chi connectivity index (χ1) is 12.1. The lowest BCUT2D eigenvalue weighted by Crippen LogP contribution is -2.33. The molecule has 1 fully saturated rings. The van der Waals surface area contributed by atoms with Crippen molar-refractivity contribution in [3.05, 3.63) is 47.2 Å². The van der Waals surface area contributed by atoms with Gasteiger partial charge in [0.2, 0.25) is 0 Å². The summed E-state index contributed by atoms with van der Waals surface area (Å²) in [5.74, 6) is 1.12. The lowest BCUT2D eigenvalue weighted by atomic mass is 9.99. The van der Waals surface area contributed by atoms with Crippen molar-refractivity contribution in [1.82, 2.24) is 4.98 Å². The second-order valence-electron chi connectivity index (χ2n) is 6.40. The van der Waals surface area contributed by atoms with Gasteiger partial charge < -0.3 is 15.0 Å². The molecule has 1 aromatic carbocycles. The van der Waals surface area contributed by atoms with Crippen LogP contribution in [0.5, 0.6) is 5.75 Å². The molecule has 1 aliphatic rings. The van der Waals surface area contributed by atoms with E-state index in [0.29, 0.717) is 22.0 Å². The summed E-state index contributed by atoms with van der Waals surface area (Å²) in [7, 11) is 1.55. The molecule has 1 N–H and O–H groups in total. The van der Waals surface area contributed by atoms with Gasteiger partial charge in [-0.05, 0) is 43.0 Å². The molecule has 1 aliphatic heterocycles.